The number of carbonyl (C=O) groups excluding carboxylic acids is 5. The van der Waals surface area contributed by atoms with Crippen molar-refractivity contribution in [2.45, 2.75) is 103 Å². The van der Waals surface area contributed by atoms with Crippen molar-refractivity contribution in [1.29, 1.82) is 0 Å². The van der Waals surface area contributed by atoms with E-state index in [2.05, 4.69) is 0 Å². The van der Waals surface area contributed by atoms with Crippen molar-refractivity contribution < 1.29 is 57.5 Å². The topological polar surface area (TPSA) is 164 Å². The Morgan fingerprint density at radius 3 is 2.18 bits per heavy atom. The molecule has 2 aliphatic heterocycles. The van der Waals surface area contributed by atoms with Gasteiger partial charge in [0.15, 0.2) is 11.7 Å². The van der Waals surface area contributed by atoms with Crippen LogP contribution < -0.4 is 0 Å². The van der Waals surface area contributed by atoms with Crippen LogP contribution in [0.4, 0.5) is 0 Å². The second-order valence-electron chi connectivity index (χ2n) is 12.8. The van der Waals surface area contributed by atoms with E-state index < -0.39 is 88.8 Å². The van der Waals surface area contributed by atoms with Gasteiger partial charge in [-0.25, -0.2) is 0 Å². The van der Waals surface area contributed by atoms with Crippen molar-refractivity contribution in [3.8, 4) is 0 Å². The molecule has 0 aromatic carbocycles. The van der Waals surface area contributed by atoms with Gasteiger partial charge in [0.2, 0.25) is 0 Å². The van der Waals surface area contributed by atoms with Crippen molar-refractivity contribution in [2.24, 2.45) is 23.2 Å². The molecule has 13 heteroatoms. The summed E-state index contributed by atoms with van der Waals surface area (Å²) in [5.41, 5.74) is -4.68. The fourth-order valence-electron chi connectivity index (χ4n) is 7.07. The lowest BCUT2D eigenvalue weighted by Gasteiger charge is -2.57. The highest BCUT2D eigenvalue weighted by molar-refractivity contribution is 6.19. The summed E-state index contributed by atoms with van der Waals surface area (Å²) in [4.78, 5) is 64.0. The van der Waals surface area contributed by atoms with Crippen molar-refractivity contribution >= 4 is 41.4 Å². The molecular formula is C31H41ClO12. The van der Waals surface area contributed by atoms with Gasteiger partial charge in [-0.2, -0.15) is 0 Å². The molecule has 1 saturated carbocycles. The lowest BCUT2D eigenvalue weighted by molar-refractivity contribution is -0.252. The molecule has 4 rings (SSSR count). The number of aliphatic hydroxyl groups is 1. The number of rotatable bonds is 7. The number of epoxide rings is 1. The third-order valence-electron chi connectivity index (χ3n) is 9.21. The van der Waals surface area contributed by atoms with Crippen molar-refractivity contribution in [2.75, 3.05) is 12.5 Å². The smallest absolute Gasteiger partial charge is 0.312 e. The Kier molecular flexibility index (Phi) is 9.59. The van der Waals surface area contributed by atoms with E-state index in [4.69, 9.17) is 40.0 Å². The third kappa shape index (κ3) is 6.00. The van der Waals surface area contributed by atoms with E-state index in [0.717, 1.165) is 6.92 Å². The summed E-state index contributed by atoms with van der Waals surface area (Å²) in [7, 11) is 0. The molecule has 12 nitrogen and oxygen atoms in total. The van der Waals surface area contributed by atoms with Crippen LogP contribution in [0, 0.1) is 23.2 Å². The Hall–Kier alpha value is -2.96. The van der Waals surface area contributed by atoms with E-state index >= 15 is 0 Å². The van der Waals surface area contributed by atoms with Crippen LogP contribution in [0.15, 0.2) is 23.8 Å². The minimum absolute atomic E-state index is 0.000639. The fraction of sp³-hybridized carbons (Fsp3) is 0.710. The molecule has 2 heterocycles. The largest absolute Gasteiger partial charge is 0.462 e. The number of halogens is 1. The molecule has 1 spiro atoms. The molecule has 244 valence electrons. The Morgan fingerprint density at radius 1 is 1.05 bits per heavy atom. The molecular weight excluding hydrogens is 600 g/mol. The van der Waals surface area contributed by atoms with Crippen molar-refractivity contribution in [3.63, 3.8) is 0 Å². The van der Waals surface area contributed by atoms with Gasteiger partial charge in [0, 0.05) is 45.4 Å². The first-order valence-corrected chi connectivity index (χ1v) is 15.3. The van der Waals surface area contributed by atoms with Crippen LogP contribution in [0.25, 0.3) is 0 Å². The molecule has 44 heavy (non-hydrogen) atoms. The zero-order chi connectivity index (χ0) is 32.8. The van der Waals surface area contributed by atoms with Crippen LogP contribution in [-0.2, 0) is 52.4 Å². The van der Waals surface area contributed by atoms with E-state index in [-0.39, 0.29) is 31.2 Å². The van der Waals surface area contributed by atoms with E-state index in [1.165, 1.54) is 26.8 Å². The van der Waals surface area contributed by atoms with Gasteiger partial charge in [-0.3, -0.25) is 24.0 Å². The maximum atomic E-state index is 13.1. The Bertz CT molecular complexity index is 1250. The second-order valence-corrected chi connectivity index (χ2v) is 13.0. The zero-order valence-electron chi connectivity index (χ0n) is 26.0. The molecule has 0 radical (unpaired) electrons. The zero-order valence-corrected chi connectivity index (χ0v) is 26.8. The molecule has 10 atom stereocenters. The van der Waals surface area contributed by atoms with E-state index in [9.17, 15) is 29.1 Å². The van der Waals surface area contributed by atoms with E-state index in [1.807, 2.05) is 13.8 Å². The maximum Gasteiger partial charge on any atom is 0.312 e. The van der Waals surface area contributed by atoms with Crippen LogP contribution >= 0.6 is 11.6 Å². The first kappa shape index (κ1) is 33.9. The minimum Gasteiger partial charge on any atom is -0.462 e. The number of alkyl halides is 1. The molecule has 0 amide bonds. The minimum atomic E-state index is -2.21. The summed E-state index contributed by atoms with van der Waals surface area (Å²) in [5.74, 6) is -5.92. The van der Waals surface area contributed by atoms with Gasteiger partial charge in [-0.1, -0.05) is 26.8 Å². The molecule has 3 fully saturated rings. The summed E-state index contributed by atoms with van der Waals surface area (Å²) < 4.78 is 35.4. The third-order valence-corrected chi connectivity index (χ3v) is 9.51. The average Bonchev–Trinajstić information content (AvgIpc) is 3.66. The van der Waals surface area contributed by atoms with Crippen LogP contribution in [0.3, 0.4) is 0 Å². The quantitative estimate of drug-likeness (QED) is 0.187. The van der Waals surface area contributed by atoms with Gasteiger partial charge < -0.3 is 33.5 Å². The molecule has 0 bridgehead atoms. The number of hydrogen-bond acceptors (Lipinski definition) is 12. The van der Waals surface area contributed by atoms with Crippen LogP contribution in [0.5, 0.6) is 0 Å². The van der Waals surface area contributed by atoms with E-state index in [1.54, 1.807) is 19.1 Å². The highest BCUT2D eigenvalue weighted by Crippen LogP contribution is 2.62. The molecule has 0 unspecified atom stereocenters. The number of fused-ring (bicyclic) bond motifs is 3. The normalized spacial score (nSPS) is 41.3. The van der Waals surface area contributed by atoms with Crippen molar-refractivity contribution in [3.05, 3.63) is 23.8 Å². The monoisotopic (exact) mass is 640 g/mol. The predicted octanol–water partition coefficient (Wildman–Crippen LogP) is 2.56. The maximum absolute atomic E-state index is 13.1. The van der Waals surface area contributed by atoms with Gasteiger partial charge in [0.1, 0.15) is 30.0 Å². The summed E-state index contributed by atoms with van der Waals surface area (Å²) in [5, 5.41) is 12.6. The van der Waals surface area contributed by atoms with Crippen molar-refractivity contribution in [1.82, 2.24) is 0 Å². The molecule has 2 aliphatic carbocycles. The lowest BCUT2D eigenvalue weighted by atomic mass is 9.52. The van der Waals surface area contributed by atoms with E-state index in [0.29, 0.717) is 5.57 Å². The molecule has 2 saturated heterocycles. The predicted molar refractivity (Wildman–Crippen MR) is 153 cm³/mol. The average molecular weight is 641 g/mol. The van der Waals surface area contributed by atoms with Gasteiger partial charge in [0.25, 0.3) is 0 Å². The summed E-state index contributed by atoms with van der Waals surface area (Å²) >= 11 is 6.24. The number of ether oxygens (including phenoxy) is 6. The van der Waals surface area contributed by atoms with Gasteiger partial charge >= 0.3 is 29.8 Å². The fourth-order valence-corrected chi connectivity index (χ4v) is 7.25. The number of carbonyl (C=O) groups is 5. The summed E-state index contributed by atoms with van der Waals surface area (Å²) in [6, 6.07) is 0. The number of allylic oxidation sites excluding steroid dienone is 2. The first-order valence-electron chi connectivity index (χ1n) is 14.7. The SMILES string of the molecule is CC(=O)O[C@H]1/C=C\C(CCl)=C/[C@@H]2OC(=O)[C@H](C)[C@@]2(O)[C@@H](OC(C)=O)[C@H]2[C@@]3(CO3)[C@H](OC(=O)CC(C)C)C[C@H](OC(C)=O)[C@]12C. The molecule has 0 aromatic rings. The Morgan fingerprint density at radius 2 is 1.66 bits per heavy atom. The van der Waals surface area contributed by atoms with Gasteiger partial charge in [-0.05, 0) is 30.6 Å². The van der Waals surface area contributed by atoms with Crippen LogP contribution in [-0.4, -0.2) is 89.2 Å². The number of esters is 5. The lowest BCUT2D eigenvalue weighted by Crippen LogP contribution is -2.71. The van der Waals surface area contributed by atoms with Gasteiger partial charge in [-0.15, -0.1) is 11.6 Å². The molecule has 0 aromatic heterocycles. The van der Waals surface area contributed by atoms with Crippen LogP contribution in [0.1, 0.15) is 61.3 Å². The second kappa shape index (κ2) is 12.4. The number of hydrogen-bond donors (Lipinski definition) is 1. The highest BCUT2D eigenvalue weighted by atomic mass is 35.5. The summed E-state index contributed by atoms with van der Waals surface area (Å²) in [6.07, 6.45) is -1.58. The molecule has 4 aliphatic rings. The Balaban J connectivity index is 2.05. The summed E-state index contributed by atoms with van der Waals surface area (Å²) in [6.45, 7) is 10.4. The first-order chi connectivity index (χ1) is 20.5. The highest BCUT2D eigenvalue weighted by Gasteiger charge is 2.78. The standard InChI is InChI=1S/C31H41ClO12/c1-15(2)10-25(36)43-23-12-22(41-18(5)34)29(7)21(40-17(4)33)9-8-20(13-32)11-24-31(38,16(3)28(37)44-24)27(42-19(6)35)26(29)30(23)14-39-30/h8-9,11,15-16,21-24,26-27,38H,10,12-14H2,1-7H3/b9-8-,20-11+/t16-,21-,22-,23+,24-,26+,27-,29-,30+,31-/m0/s1. The Labute approximate surface area is 261 Å². The molecule has 1 N–H and O–H groups in total. The van der Waals surface area contributed by atoms with Crippen LogP contribution in [0.2, 0.25) is 0 Å². The van der Waals surface area contributed by atoms with Gasteiger partial charge in [0.05, 0.1) is 17.9 Å².